The molecule has 5 nitrogen and oxygen atoms in total. The summed E-state index contributed by atoms with van der Waals surface area (Å²) in [5.74, 6) is 0.790. The van der Waals surface area contributed by atoms with Gasteiger partial charge in [0, 0.05) is 32.6 Å². The molecular weight excluding hydrogens is 240 g/mol. The molecule has 1 aromatic rings. The summed E-state index contributed by atoms with van der Waals surface area (Å²) in [5, 5.41) is 6.24. The summed E-state index contributed by atoms with van der Waals surface area (Å²) in [7, 11) is 1.91. The Morgan fingerprint density at radius 3 is 3.16 bits per heavy atom. The number of amides is 1. The van der Waals surface area contributed by atoms with Crippen molar-refractivity contribution in [2.45, 2.75) is 25.3 Å². The summed E-state index contributed by atoms with van der Waals surface area (Å²) in [4.78, 5) is 18.1. The molecule has 2 aliphatic heterocycles. The standard InChI is InChI=1S/C14H20N4O/c1-15-11-6-12(8-16-7-11)18-5-4-13-10(9-18)2-3-14(19)17-13/h6-8,10,13,15H,2-5,9H2,1H3,(H,17,19). The fraction of sp³-hybridized carbons (Fsp3) is 0.571. The number of carbonyl (C=O) groups is 1. The molecule has 2 unspecified atom stereocenters. The summed E-state index contributed by atoms with van der Waals surface area (Å²) >= 11 is 0. The summed E-state index contributed by atoms with van der Waals surface area (Å²) in [6.45, 7) is 2.00. The van der Waals surface area contributed by atoms with Crippen molar-refractivity contribution in [3.63, 3.8) is 0 Å². The Kier molecular flexibility index (Phi) is 3.27. The van der Waals surface area contributed by atoms with Gasteiger partial charge in [-0.1, -0.05) is 0 Å². The Labute approximate surface area is 113 Å². The molecule has 2 N–H and O–H groups in total. The number of rotatable bonds is 2. The topological polar surface area (TPSA) is 57.3 Å². The number of hydrogen-bond donors (Lipinski definition) is 2. The van der Waals surface area contributed by atoms with Crippen LogP contribution in [0.3, 0.4) is 0 Å². The molecule has 0 radical (unpaired) electrons. The molecule has 0 aliphatic carbocycles. The van der Waals surface area contributed by atoms with E-state index in [-0.39, 0.29) is 5.91 Å². The Hall–Kier alpha value is -1.78. The quantitative estimate of drug-likeness (QED) is 0.839. The van der Waals surface area contributed by atoms with Crippen molar-refractivity contribution in [2.24, 2.45) is 5.92 Å². The third-order valence-corrected chi connectivity index (χ3v) is 4.20. The molecule has 102 valence electrons. The fourth-order valence-electron chi connectivity index (χ4n) is 3.08. The van der Waals surface area contributed by atoms with Crippen LogP contribution in [0.4, 0.5) is 11.4 Å². The SMILES string of the molecule is CNc1cncc(N2CCC3NC(=O)CCC3C2)c1. The largest absolute Gasteiger partial charge is 0.387 e. The highest BCUT2D eigenvalue weighted by atomic mass is 16.1. The second kappa shape index (κ2) is 5.07. The third-order valence-electron chi connectivity index (χ3n) is 4.20. The molecule has 2 fully saturated rings. The number of carbonyl (C=O) groups excluding carboxylic acids is 1. The lowest BCUT2D eigenvalue weighted by Gasteiger charge is -2.42. The van der Waals surface area contributed by atoms with Crippen LogP contribution in [0.1, 0.15) is 19.3 Å². The number of hydrogen-bond acceptors (Lipinski definition) is 4. The average Bonchev–Trinajstić information content (AvgIpc) is 2.46. The van der Waals surface area contributed by atoms with Gasteiger partial charge in [0.05, 0.1) is 23.8 Å². The molecule has 3 heterocycles. The lowest BCUT2D eigenvalue weighted by molar-refractivity contribution is -0.124. The minimum Gasteiger partial charge on any atom is -0.387 e. The molecule has 1 amide bonds. The maximum atomic E-state index is 11.4. The molecule has 2 saturated heterocycles. The summed E-state index contributed by atoms with van der Waals surface area (Å²) in [6, 6.07) is 2.51. The Balaban J connectivity index is 1.72. The average molecular weight is 260 g/mol. The molecule has 0 saturated carbocycles. The minimum absolute atomic E-state index is 0.216. The van der Waals surface area contributed by atoms with Crippen LogP contribution in [0, 0.1) is 5.92 Å². The summed E-state index contributed by atoms with van der Waals surface area (Å²) in [6.07, 6.45) is 6.45. The van der Waals surface area contributed by atoms with E-state index in [2.05, 4.69) is 26.6 Å². The van der Waals surface area contributed by atoms with E-state index in [1.165, 1.54) is 5.69 Å². The van der Waals surface area contributed by atoms with E-state index in [4.69, 9.17) is 0 Å². The van der Waals surface area contributed by atoms with Crippen molar-refractivity contribution >= 4 is 17.3 Å². The Morgan fingerprint density at radius 2 is 2.32 bits per heavy atom. The van der Waals surface area contributed by atoms with Crippen molar-refractivity contribution in [1.29, 1.82) is 0 Å². The zero-order valence-electron chi connectivity index (χ0n) is 11.2. The zero-order chi connectivity index (χ0) is 13.2. The van der Waals surface area contributed by atoms with Crippen molar-refractivity contribution in [3.8, 4) is 0 Å². The first kappa shape index (κ1) is 12.3. The van der Waals surface area contributed by atoms with E-state index in [1.807, 2.05) is 19.4 Å². The van der Waals surface area contributed by atoms with Gasteiger partial charge in [0.1, 0.15) is 0 Å². The molecule has 19 heavy (non-hydrogen) atoms. The normalized spacial score (nSPS) is 26.6. The highest BCUT2D eigenvalue weighted by Gasteiger charge is 2.33. The first-order valence-corrected chi connectivity index (χ1v) is 6.93. The molecule has 2 aliphatic rings. The molecule has 2 atom stereocenters. The second-order valence-corrected chi connectivity index (χ2v) is 5.39. The van der Waals surface area contributed by atoms with Crippen LogP contribution >= 0.6 is 0 Å². The van der Waals surface area contributed by atoms with Gasteiger partial charge in [-0.3, -0.25) is 9.78 Å². The van der Waals surface area contributed by atoms with Crippen LogP contribution in [0.5, 0.6) is 0 Å². The van der Waals surface area contributed by atoms with E-state index in [1.54, 1.807) is 0 Å². The van der Waals surface area contributed by atoms with Gasteiger partial charge in [0.25, 0.3) is 0 Å². The van der Waals surface area contributed by atoms with Crippen molar-refractivity contribution in [1.82, 2.24) is 10.3 Å². The van der Waals surface area contributed by atoms with Gasteiger partial charge in [0.2, 0.25) is 5.91 Å². The maximum Gasteiger partial charge on any atom is 0.220 e. The highest BCUT2D eigenvalue weighted by Crippen LogP contribution is 2.29. The number of anilines is 2. The number of aromatic nitrogens is 1. The van der Waals surface area contributed by atoms with Crippen LogP contribution in [-0.4, -0.2) is 37.1 Å². The highest BCUT2D eigenvalue weighted by molar-refractivity contribution is 5.77. The number of fused-ring (bicyclic) bond motifs is 1. The van der Waals surface area contributed by atoms with Gasteiger partial charge in [-0.2, -0.15) is 0 Å². The van der Waals surface area contributed by atoms with Crippen LogP contribution in [0.15, 0.2) is 18.5 Å². The third kappa shape index (κ3) is 2.50. The first-order valence-electron chi connectivity index (χ1n) is 6.93. The molecule has 5 heteroatoms. The molecule has 0 spiro atoms. The van der Waals surface area contributed by atoms with Crippen molar-refractivity contribution < 1.29 is 4.79 Å². The number of nitrogens with one attached hydrogen (secondary N) is 2. The van der Waals surface area contributed by atoms with E-state index >= 15 is 0 Å². The van der Waals surface area contributed by atoms with Crippen molar-refractivity contribution in [2.75, 3.05) is 30.4 Å². The smallest absolute Gasteiger partial charge is 0.220 e. The lowest BCUT2D eigenvalue weighted by atomic mass is 9.85. The van der Waals surface area contributed by atoms with Gasteiger partial charge in [-0.05, 0) is 24.8 Å². The van der Waals surface area contributed by atoms with Gasteiger partial charge >= 0.3 is 0 Å². The van der Waals surface area contributed by atoms with Crippen LogP contribution < -0.4 is 15.5 Å². The molecule has 0 bridgehead atoms. The minimum atomic E-state index is 0.216. The fourth-order valence-corrected chi connectivity index (χ4v) is 3.08. The monoisotopic (exact) mass is 260 g/mol. The predicted octanol–water partition coefficient (Wildman–Crippen LogP) is 1.23. The molecule has 0 aromatic carbocycles. The summed E-state index contributed by atoms with van der Waals surface area (Å²) < 4.78 is 0. The van der Waals surface area contributed by atoms with Crippen molar-refractivity contribution in [3.05, 3.63) is 18.5 Å². The van der Waals surface area contributed by atoms with Gasteiger partial charge < -0.3 is 15.5 Å². The Bertz CT molecular complexity index is 476. The van der Waals surface area contributed by atoms with E-state index in [0.717, 1.165) is 31.6 Å². The van der Waals surface area contributed by atoms with Gasteiger partial charge in [-0.25, -0.2) is 0 Å². The predicted molar refractivity (Wildman–Crippen MR) is 75.3 cm³/mol. The van der Waals surface area contributed by atoms with E-state index in [0.29, 0.717) is 18.4 Å². The maximum absolute atomic E-state index is 11.4. The first-order chi connectivity index (χ1) is 9.26. The van der Waals surface area contributed by atoms with E-state index in [9.17, 15) is 4.79 Å². The second-order valence-electron chi connectivity index (χ2n) is 5.39. The zero-order valence-corrected chi connectivity index (χ0v) is 11.2. The van der Waals surface area contributed by atoms with Gasteiger partial charge in [0.15, 0.2) is 0 Å². The Morgan fingerprint density at radius 1 is 1.42 bits per heavy atom. The lowest BCUT2D eigenvalue weighted by Crippen LogP contribution is -2.54. The summed E-state index contributed by atoms with van der Waals surface area (Å²) in [5.41, 5.74) is 2.21. The number of nitrogens with zero attached hydrogens (tertiary/aromatic N) is 2. The molecular formula is C14H20N4O. The van der Waals surface area contributed by atoms with Crippen LogP contribution in [-0.2, 0) is 4.79 Å². The number of piperidine rings is 2. The molecule has 1 aromatic heterocycles. The van der Waals surface area contributed by atoms with E-state index < -0.39 is 0 Å². The number of pyridine rings is 1. The van der Waals surface area contributed by atoms with Crippen LogP contribution in [0.2, 0.25) is 0 Å². The van der Waals surface area contributed by atoms with Crippen LogP contribution in [0.25, 0.3) is 0 Å². The van der Waals surface area contributed by atoms with Gasteiger partial charge in [-0.15, -0.1) is 0 Å². The molecule has 3 rings (SSSR count).